The lowest BCUT2D eigenvalue weighted by Gasteiger charge is -2.11. The third-order valence-corrected chi connectivity index (χ3v) is 4.29. The molecule has 0 heteroatoms. The van der Waals surface area contributed by atoms with Crippen molar-refractivity contribution in [3.63, 3.8) is 0 Å². The summed E-state index contributed by atoms with van der Waals surface area (Å²) in [5, 5.41) is 7.94. The van der Waals surface area contributed by atoms with Crippen LogP contribution < -0.4 is 10.4 Å². The molecule has 0 fully saturated rings. The largest absolute Gasteiger partial charge is 0.0984 e. The van der Waals surface area contributed by atoms with Gasteiger partial charge >= 0.3 is 0 Å². The summed E-state index contributed by atoms with van der Waals surface area (Å²) in [6.07, 6.45) is 6.40. The highest BCUT2D eigenvalue weighted by molar-refractivity contribution is 6.04. The molecule has 0 aromatic heterocycles. The molecule has 0 nitrogen and oxygen atoms in total. The van der Waals surface area contributed by atoms with Crippen molar-refractivity contribution in [2.45, 2.75) is 62.3 Å². The number of fused-ring (bicyclic) bond motifs is 2. The molecule has 0 radical (unpaired) electrons. The van der Waals surface area contributed by atoms with Gasteiger partial charge < -0.3 is 0 Å². The summed E-state index contributed by atoms with van der Waals surface area (Å²) in [6, 6.07) is 13.0. The van der Waals surface area contributed by atoms with Crippen molar-refractivity contribution < 1.29 is 0 Å². The standard InChI is InChI=1S/C21H20.3C2H6/c1-5-15-11-9-13-19-16(6-2)20-14(4)10-8-12-18(20)17(7-3)21(15)19;3*1-2/h5-13H,1H2,2-4H3;3*1-2H3/b16-6-,17-7-;;;. The van der Waals surface area contributed by atoms with Crippen LogP contribution in [0.3, 0.4) is 0 Å². The summed E-state index contributed by atoms with van der Waals surface area (Å²) in [4.78, 5) is 0. The number of hydrogen-bond donors (Lipinski definition) is 0. The molecule has 0 aliphatic carbocycles. The maximum absolute atomic E-state index is 3.99. The zero-order valence-corrected chi connectivity index (χ0v) is 18.9. The predicted molar refractivity (Wildman–Crippen MR) is 130 cm³/mol. The van der Waals surface area contributed by atoms with E-state index in [4.69, 9.17) is 0 Å². The average molecular weight is 363 g/mol. The molecule has 3 aromatic rings. The molecule has 0 N–H and O–H groups in total. The molecular weight excluding hydrogens is 324 g/mol. The Morgan fingerprint density at radius 1 is 0.667 bits per heavy atom. The Morgan fingerprint density at radius 2 is 1.11 bits per heavy atom. The lowest BCUT2D eigenvalue weighted by atomic mass is 9.92. The first-order valence-corrected chi connectivity index (χ1v) is 10.4. The first-order chi connectivity index (χ1) is 13.2. The molecule has 0 heterocycles. The number of hydrogen-bond acceptors (Lipinski definition) is 0. The summed E-state index contributed by atoms with van der Waals surface area (Å²) < 4.78 is 0. The van der Waals surface area contributed by atoms with E-state index in [1.54, 1.807) is 0 Å². The maximum atomic E-state index is 3.99. The average Bonchev–Trinajstić information content (AvgIpc) is 2.76. The first kappa shape index (κ1) is 24.7. The fourth-order valence-corrected chi connectivity index (χ4v) is 3.38. The Labute approximate surface area is 166 Å². The second-order valence-corrected chi connectivity index (χ2v) is 5.38. The van der Waals surface area contributed by atoms with Crippen molar-refractivity contribution in [2.75, 3.05) is 0 Å². The van der Waals surface area contributed by atoms with Crippen LogP contribution in [0.1, 0.15) is 66.5 Å². The summed E-state index contributed by atoms with van der Waals surface area (Å²) in [6.45, 7) is 22.4. The zero-order chi connectivity index (χ0) is 21.0. The van der Waals surface area contributed by atoms with Crippen LogP contribution in [0.4, 0.5) is 0 Å². The molecule has 0 unspecified atom stereocenters. The van der Waals surface area contributed by atoms with Crippen molar-refractivity contribution in [2.24, 2.45) is 0 Å². The van der Waals surface area contributed by atoms with Gasteiger partial charge in [0, 0.05) is 0 Å². The molecule has 146 valence electrons. The molecule has 0 aliphatic rings. The third kappa shape index (κ3) is 4.89. The number of aryl methyl sites for hydroxylation is 1. The molecule has 0 spiro atoms. The molecule has 0 atom stereocenters. The highest BCUT2D eigenvalue weighted by Crippen LogP contribution is 2.20. The second-order valence-electron chi connectivity index (χ2n) is 5.38. The van der Waals surface area contributed by atoms with Gasteiger partial charge in [0.05, 0.1) is 0 Å². The molecule has 0 aliphatic heterocycles. The van der Waals surface area contributed by atoms with Gasteiger partial charge in [0.1, 0.15) is 0 Å². The lowest BCUT2D eigenvalue weighted by molar-refractivity contribution is 1.50. The predicted octanol–water partition coefficient (Wildman–Crippen LogP) is 7.62. The van der Waals surface area contributed by atoms with Gasteiger partial charge in [-0.2, -0.15) is 0 Å². The van der Waals surface area contributed by atoms with Crippen LogP contribution in [-0.2, 0) is 0 Å². The second kappa shape index (κ2) is 12.9. The quantitative estimate of drug-likeness (QED) is 0.390. The molecule has 0 saturated carbocycles. The zero-order valence-electron chi connectivity index (χ0n) is 18.9. The molecule has 0 bridgehead atoms. The van der Waals surface area contributed by atoms with E-state index < -0.39 is 0 Å². The maximum Gasteiger partial charge on any atom is -0.00300 e. The van der Waals surface area contributed by atoms with E-state index in [0.717, 1.165) is 0 Å². The van der Waals surface area contributed by atoms with E-state index in [9.17, 15) is 0 Å². The Hall–Kier alpha value is -2.34. The molecule has 0 amide bonds. The van der Waals surface area contributed by atoms with Crippen molar-refractivity contribution in [3.8, 4) is 0 Å². The minimum absolute atomic E-state index is 1.20. The van der Waals surface area contributed by atoms with Crippen LogP contribution >= 0.6 is 0 Å². The normalized spacial score (nSPS) is 11.0. The number of benzene rings is 3. The van der Waals surface area contributed by atoms with Gasteiger partial charge in [-0.05, 0) is 63.9 Å². The summed E-state index contributed by atoms with van der Waals surface area (Å²) >= 11 is 0. The van der Waals surface area contributed by atoms with Gasteiger partial charge in [-0.1, -0.05) is 103 Å². The van der Waals surface area contributed by atoms with Crippen molar-refractivity contribution in [3.05, 3.63) is 64.5 Å². The smallest absolute Gasteiger partial charge is 0.00300 e. The molecule has 3 aromatic carbocycles. The van der Waals surface area contributed by atoms with Crippen LogP contribution in [0.2, 0.25) is 0 Å². The van der Waals surface area contributed by atoms with E-state index in [1.807, 2.05) is 47.6 Å². The van der Waals surface area contributed by atoms with E-state index in [1.165, 1.54) is 43.1 Å². The van der Waals surface area contributed by atoms with Gasteiger partial charge in [-0.15, -0.1) is 0 Å². The summed E-state index contributed by atoms with van der Waals surface area (Å²) in [7, 11) is 0. The van der Waals surface area contributed by atoms with E-state index in [2.05, 4.69) is 75.9 Å². The Bertz CT molecular complexity index is 972. The highest BCUT2D eigenvalue weighted by atomic mass is 14.1. The Balaban J connectivity index is 0.00000103. The Kier molecular flexibility index (Phi) is 11.8. The van der Waals surface area contributed by atoms with Gasteiger partial charge in [-0.3, -0.25) is 0 Å². The van der Waals surface area contributed by atoms with Crippen LogP contribution in [0.25, 0.3) is 39.8 Å². The van der Waals surface area contributed by atoms with Crippen LogP contribution in [0.15, 0.2) is 43.0 Å². The summed E-state index contributed by atoms with van der Waals surface area (Å²) in [5.41, 5.74) is 2.53. The fourth-order valence-electron chi connectivity index (χ4n) is 3.38. The van der Waals surface area contributed by atoms with E-state index in [-0.39, 0.29) is 0 Å². The highest BCUT2D eigenvalue weighted by Gasteiger charge is 2.08. The number of rotatable bonds is 1. The monoisotopic (exact) mass is 362 g/mol. The van der Waals surface area contributed by atoms with Crippen LogP contribution in [0, 0.1) is 6.92 Å². The van der Waals surface area contributed by atoms with Crippen LogP contribution in [-0.4, -0.2) is 0 Å². The summed E-state index contributed by atoms with van der Waals surface area (Å²) in [5.74, 6) is 0. The van der Waals surface area contributed by atoms with Gasteiger partial charge in [0.15, 0.2) is 0 Å². The fraction of sp³-hybridized carbons (Fsp3) is 0.333. The first-order valence-electron chi connectivity index (χ1n) is 10.4. The van der Waals surface area contributed by atoms with Gasteiger partial charge in [0.2, 0.25) is 0 Å². The third-order valence-electron chi connectivity index (χ3n) is 4.29. The minimum atomic E-state index is 1.20. The van der Waals surface area contributed by atoms with E-state index in [0.29, 0.717) is 0 Å². The molecule has 27 heavy (non-hydrogen) atoms. The van der Waals surface area contributed by atoms with Crippen LogP contribution in [0.5, 0.6) is 0 Å². The van der Waals surface area contributed by atoms with E-state index >= 15 is 0 Å². The van der Waals surface area contributed by atoms with Crippen molar-refractivity contribution >= 4 is 39.8 Å². The molecule has 3 rings (SSSR count). The lowest BCUT2D eigenvalue weighted by Crippen LogP contribution is -2.16. The minimum Gasteiger partial charge on any atom is -0.0984 e. The van der Waals surface area contributed by atoms with Gasteiger partial charge in [-0.25, -0.2) is 0 Å². The van der Waals surface area contributed by atoms with Crippen molar-refractivity contribution in [1.82, 2.24) is 0 Å². The SMILES string of the molecule is C=Cc1cccc2/c(=C/C)c3c(C)cccc3/c(=C/C)c12.CC.CC.CC. The topological polar surface area (TPSA) is 0 Å². The van der Waals surface area contributed by atoms with Gasteiger partial charge in [0.25, 0.3) is 0 Å². The molecular formula is C27H38. The molecule has 0 saturated heterocycles. The Morgan fingerprint density at radius 3 is 1.59 bits per heavy atom. The van der Waals surface area contributed by atoms with Crippen molar-refractivity contribution in [1.29, 1.82) is 0 Å².